The molecule has 1 aromatic rings. The number of methoxy groups -OCH3 is 1. The van der Waals surface area contributed by atoms with Gasteiger partial charge in [-0.05, 0) is 29.8 Å². The van der Waals surface area contributed by atoms with E-state index in [-0.39, 0.29) is 16.8 Å². The average Bonchev–Trinajstić information content (AvgIpc) is 2.91. The Labute approximate surface area is 122 Å². The Morgan fingerprint density at radius 1 is 1.47 bits per heavy atom. The second-order valence-corrected chi connectivity index (χ2v) is 8.15. The Kier molecular flexibility index (Phi) is 4.20. The van der Waals surface area contributed by atoms with Crippen LogP contribution in [0.5, 0.6) is 0 Å². The van der Waals surface area contributed by atoms with Crippen molar-refractivity contribution >= 4 is 29.3 Å². The van der Waals surface area contributed by atoms with Crippen LogP contribution < -0.4 is 0 Å². The van der Waals surface area contributed by atoms with Crippen LogP contribution in [0.1, 0.15) is 45.9 Å². The van der Waals surface area contributed by atoms with Crippen molar-refractivity contribution in [3.63, 3.8) is 0 Å². The lowest BCUT2D eigenvalue weighted by Gasteiger charge is -2.13. The van der Waals surface area contributed by atoms with Crippen LogP contribution in [0, 0.1) is 5.41 Å². The quantitative estimate of drug-likeness (QED) is 0.617. The van der Waals surface area contributed by atoms with Crippen molar-refractivity contribution in [1.82, 2.24) is 9.36 Å². The molecule has 0 saturated heterocycles. The molecule has 0 atom stereocenters. The molecule has 4 nitrogen and oxygen atoms in total. The van der Waals surface area contributed by atoms with E-state index < -0.39 is 0 Å². The highest BCUT2D eigenvalue weighted by molar-refractivity contribution is 8.00. The van der Waals surface area contributed by atoms with Gasteiger partial charge in [-0.25, -0.2) is 4.98 Å². The summed E-state index contributed by atoms with van der Waals surface area (Å²) in [5, 5.41) is 0. The number of carbonyl (C=O) groups is 1. The molecule has 106 valence electrons. The van der Waals surface area contributed by atoms with E-state index in [1.807, 2.05) is 0 Å². The Hall–Kier alpha value is -0.620. The van der Waals surface area contributed by atoms with Crippen LogP contribution in [0.25, 0.3) is 0 Å². The van der Waals surface area contributed by atoms with Crippen LogP contribution in [0.15, 0.2) is 4.34 Å². The van der Waals surface area contributed by atoms with E-state index in [1.165, 1.54) is 18.6 Å². The fourth-order valence-corrected chi connectivity index (χ4v) is 3.79. The molecule has 0 aromatic carbocycles. The minimum atomic E-state index is -0.106. The van der Waals surface area contributed by atoms with Crippen LogP contribution >= 0.6 is 23.3 Å². The third-order valence-corrected chi connectivity index (χ3v) is 5.47. The fraction of sp³-hybridized carbons (Fsp3) is 0.769. The maximum absolute atomic E-state index is 11.4. The second-order valence-electron chi connectivity index (χ2n) is 6.18. The summed E-state index contributed by atoms with van der Waals surface area (Å²) in [4.78, 5) is 15.9. The number of esters is 1. The molecule has 1 saturated carbocycles. The van der Waals surface area contributed by atoms with E-state index >= 15 is 0 Å². The highest BCUT2D eigenvalue weighted by Crippen LogP contribution is 2.52. The average molecular weight is 300 g/mol. The van der Waals surface area contributed by atoms with Crippen molar-refractivity contribution in [2.75, 3.05) is 12.9 Å². The van der Waals surface area contributed by atoms with E-state index in [1.54, 1.807) is 11.8 Å². The summed E-state index contributed by atoms with van der Waals surface area (Å²) < 4.78 is 10.2. The first-order chi connectivity index (χ1) is 8.85. The van der Waals surface area contributed by atoms with Crippen LogP contribution in [0.2, 0.25) is 0 Å². The maximum atomic E-state index is 11.4. The van der Waals surface area contributed by atoms with E-state index in [4.69, 9.17) is 4.74 Å². The van der Waals surface area contributed by atoms with Crippen LogP contribution in [0.4, 0.5) is 0 Å². The van der Waals surface area contributed by atoms with E-state index in [2.05, 4.69) is 30.1 Å². The van der Waals surface area contributed by atoms with Gasteiger partial charge in [0.1, 0.15) is 5.82 Å². The number of carbonyl (C=O) groups excluding carboxylic acids is 1. The van der Waals surface area contributed by atoms with Gasteiger partial charge in [0.05, 0.1) is 13.5 Å². The summed E-state index contributed by atoms with van der Waals surface area (Å²) in [5.41, 5.74) is 0.143. The Morgan fingerprint density at radius 2 is 2.16 bits per heavy atom. The maximum Gasteiger partial charge on any atom is 0.306 e. The van der Waals surface area contributed by atoms with E-state index in [0.29, 0.717) is 6.42 Å². The van der Waals surface area contributed by atoms with Gasteiger partial charge in [-0.1, -0.05) is 32.5 Å². The summed E-state index contributed by atoms with van der Waals surface area (Å²) in [6.45, 7) is 6.34. The largest absolute Gasteiger partial charge is 0.469 e. The van der Waals surface area contributed by atoms with Crippen LogP contribution in [-0.2, 0) is 14.9 Å². The highest BCUT2D eigenvalue weighted by atomic mass is 32.2. The number of nitrogens with zero attached hydrogens (tertiary/aromatic N) is 2. The first kappa shape index (κ1) is 14.8. The molecule has 0 N–H and O–H groups in total. The van der Waals surface area contributed by atoms with Crippen LogP contribution in [0.3, 0.4) is 0 Å². The van der Waals surface area contributed by atoms with Gasteiger partial charge >= 0.3 is 5.97 Å². The zero-order valence-corrected chi connectivity index (χ0v) is 13.5. The molecule has 19 heavy (non-hydrogen) atoms. The van der Waals surface area contributed by atoms with Crippen molar-refractivity contribution in [1.29, 1.82) is 0 Å². The van der Waals surface area contributed by atoms with Gasteiger partial charge in [0, 0.05) is 11.2 Å². The molecule has 0 unspecified atom stereocenters. The molecule has 0 radical (unpaired) electrons. The predicted molar refractivity (Wildman–Crippen MR) is 77.6 cm³/mol. The second kappa shape index (κ2) is 5.40. The summed E-state index contributed by atoms with van der Waals surface area (Å²) in [7, 11) is 1.45. The zero-order valence-electron chi connectivity index (χ0n) is 11.9. The van der Waals surface area contributed by atoms with Gasteiger partial charge in [-0.2, -0.15) is 4.37 Å². The summed E-state index contributed by atoms with van der Waals surface area (Å²) in [5.74, 6) is 1.73. The lowest BCUT2D eigenvalue weighted by Crippen LogP contribution is -2.13. The topological polar surface area (TPSA) is 52.1 Å². The first-order valence-electron chi connectivity index (χ1n) is 6.38. The molecule has 1 heterocycles. The Morgan fingerprint density at radius 3 is 2.63 bits per heavy atom. The smallest absolute Gasteiger partial charge is 0.306 e. The van der Waals surface area contributed by atoms with Gasteiger partial charge in [0.15, 0.2) is 4.34 Å². The summed E-state index contributed by atoms with van der Waals surface area (Å²) in [6, 6.07) is 0. The molecule has 6 heteroatoms. The molecule has 1 aliphatic rings. The minimum absolute atomic E-state index is 0.00139. The van der Waals surface area contributed by atoms with Gasteiger partial charge in [-0.3, -0.25) is 4.79 Å². The number of ether oxygens (including phenoxy) is 1. The third-order valence-electron chi connectivity index (χ3n) is 3.28. The van der Waals surface area contributed by atoms with Gasteiger partial charge in [0.2, 0.25) is 0 Å². The standard InChI is InChI=1S/C13H20N2O2S2/c1-12(2,3)10-14-11(19-15-10)18-8-13(5-6-13)7-9(16)17-4/h5-8H2,1-4H3. The molecule has 1 aromatic heterocycles. The van der Waals surface area contributed by atoms with Crippen molar-refractivity contribution in [2.45, 2.75) is 49.8 Å². The Balaban J connectivity index is 1.89. The van der Waals surface area contributed by atoms with Crippen molar-refractivity contribution in [2.24, 2.45) is 5.41 Å². The van der Waals surface area contributed by atoms with Gasteiger partial charge in [0.25, 0.3) is 0 Å². The minimum Gasteiger partial charge on any atom is -0.469 e. The summed E-state index contributed by atoms with van der Waals surface area (Å²) >= 11 is 3.17. The Bertz CT molecular complexity index is 461. The molecular weight excluding hydrogens is 280 g/mol. The fourth-order valence-electron chi connectivity index (χ4n) is 1.71. The SMILES string of the molecule is COC(=O)CC1(CSc2nc(C(C)(C)C)ns2)CC1. The number of hydrogen-bond acceptors (Lipinski definition) is 6. The predicted octanol–water partition coefficient (Wildman–Crippen LogP) is 3.27. The summed E-state index contributed by atoms with van der Waals surface area (Å²) in [6.07, 6.45) is 2.75. The number of rotatable bonds is 5. The van der Waals surface area contributed by atoms with Crippen LogP contribution in [-0.4, -0.2) is 28.2 Å². The molecule has 0 spiro atoms. The number of thioether (sulfide) groups is 1. The third kappa shape index (κ3) is 3.92. The van der Waals surface area contributed by atoms with Gasteiger partial charge < -0.3 is 4.74 Å². The monoisotopic (exact) mass is 300 g/mol. The molecule has 0 amide bonds. The van der Waals surface area contributed by atoms with Crippen molar-refractivity contribution in [3.8, 4) is 0 Å². The molecule has 1 fully saturated rings. The number of hydrogen-bond donors (Lipinski definition) is 0. The molecule has 0 aliphatic heterocycles. The molecule has 2 rings (SSSR count). The van der Waals surface area contributed by atoms with E-state index in [0.717, 1.165) is 28.8 Å². The lowest BCUT2D eigenvalue weighted by atomic mass is 9.96. The normalized spacial score (nSPS) is 17.3. The zero-order chi connectivity index (χ0) is 14.1. The molecule has 0 bridgehead atoms. The highest BCUT2D eigenvalue weighted by Gasteiger charge is 2.44. The lowest BCUT2D eigenvalue weighted by molar-refractivity contribution is -0.141. The van der Waals surface area contributed by atoms with Gasteiger partial charge in [-0.15, -0.1) is 0 Å². The molecular formula is C13H20N2O2S2. The number of aromatic nitrogens is 2. The molecule has 1 aliphatic carbocycles. The first-order valence-corrected chi connectivity index (χ1v) is 8.14. The van der Waals surface area contributed by atoms with Crippen molar-refractivity contribution < 1.29 is 9.53 Å². The van der Waals surface area contributed by atoms with Crippen molar-refractivity contribution in [3.05, 3.63) is 5.82 Å². The van der Waals surface area contributed by atoms with E-state index in [9.17, 15) is 4.79 Å².